The number of aliphatic hydroxyl groups excluding tert-OH is 2. The summed E-state index contributed by atoms with van der Waals surface area (Å²) in [6, 6.07) is 18.1. The standard InChI is InChI=1S/C31H30N2O8/c34-16-18-14-23-26(15-27(18)40-13-11-28(35)36)33(30(38)25-10-5-12-32(25)29(23)37)31(39)41-17-24-21-8-3-1-6-19(21)20-7-2-4-9-22(20)24/h1-4,6-9,14-15,24-25,30,34,38H,5,10-13,16-17H2,(H,35,36). The lowest BCUT2D eigenvalue weighted by atomic mass is 9.98. The molecule has 3 aliphatic rings. The number of benzene rings is 3. The van der Waals surface area contributed by atoms with Crippen LogP contribution in [0.3, 0.4) is 0 Å². The summed E-state index contributed by atoms with van der Waals surface area (Å²) in [5, 5.41) is 30.5. The summed E-state index contributed by atoms with van der Waals surface area (Å²) in [6.07, 6.45) is -1.32. The van der Waals surface area contributed by atoms with Crippen molar-refractivity contribution < 1.29 is 39.2 Å². The maximum absolute atomic E-state index is 13.8. The Bertz CT molecular complexity index is 1480. The van der Waals surface area contributed by atoms with Crippen LogP contribution in [0.5, 0.6) is 5.75 Å². The van der Waals surface area contributed by atoms with Gasteiger partial charge < -0.3 is 29.7 Å². The highest BCUT2D eigenvalue weighted by molar-refractivity contribution is 6.05. The summed E-state index contributed by atoms with van der Waals surface area (Å²) in [6.45, 7) is -0.217. The van der Waals surface area contributed by atoms with Gasteiger partial charge in [-0.3, -0.25) is 9.59 Å². The topological polar surface area (TPSA) is 137 Å². The Labute approximate surface area is 236 Å². The van der Waals surface area contributed by atoms with E-state index in [0.29, 0.717) is 19.4 Å². The number of anilines is 1. The van der Waals surface area contributed by atoms with Crippen LogP contribution in [0.4, 0.5) is 10.5 Å². The van der Waals surface area contributed by atoms with Crippen LogP contribution in [0.2, 0.25) is 0 Å². The molecule has 212 valence electrons. The number of carboxylic acids is 1. The molecule has 10 nitrogen and oxygen atoms in total. The van der Waals surface area contributed by atoms with Gasteiger partial charge in [-0.2, -0.15) is 0 Å². The zero-order valence-electron chi connectivity index (χ0n) is 22.2. The summed E-state index contributed by atoms with van der Waals surface area (Å²) in [7, 11) is 0. The van der Waals surface area contributed by atoms with Crippen LogP contribution in [-0.2, 0) is 16.1 Å². The molecule has 2 atom stereocenters. The number of hydrogen-bond acceptors (Lipinski definition) is 7. The highest BCUT2D eigenvalue weighted by atomic mass is 16.6. The average molecular weight is 559 g/mol. The van der Waals surface area contributed by atoms with E-state index >= 15 is 0 Å². The van der Waals surface area contributed by atoms with Crippen molar-refractivity contribution in [2.45, 2.75) is 44.1 Å². The fourth-order valence-electron chi connectivity index (χ4n) is 6.18. The molecular formula is C31H30N2O8. The van der Waals surface area contributed by atoms with Crippen molar-refractivity contribution in [1.29, 1.82) is 0 Å². The first-order valence-electron chi connectivity index (χ1n) is 13.6. The third kappa shape index (κ3) is 4.68. The number of aliphatic carboxylic acids is 1. The Morgan fingerprint density at radius 3 is 2.32 bits per heavy atom. The molecule has 2 unspecified atom stereocenters. The number of rotatable bonds is 7. The predicted octanol–water partition coefficient (Wildman–Crippen LogP) is 3.72. The first-order valence-corrected chi connectivity index (χ1v) is 13.6. The predicted molar refractivity (Wildman–Crippen MR) is 148 cm³/mol. The minimum atomic E-state index is -1.38. The maximum atomic E-state index is 13.8. The van der Waals surface area contributed by atoms with Gasteiger partial charge in [0.05, 0.1) is 36.9 Å². The fourth-order valence-corrected chi connectivity index (χ4v) is 6.18. The summed E-state index contributed by atoms with van der Waals surface area (Å²) in [5.74, 6) is -1.52. The van der Waals surface area contributed by atoms with Gasteiger partial charge in [0.1, 0.15) is 12.4 Å². The maximum Gasteiger partial charge on any atom is 0.416 e. The van der Waals surface area contributed by atoms with Crippen molar-refractivity contribution in [1.82, 2.24) is 4.90 Å². The van der Waals surface area contributed by atoms with Crippen LogP contribution >= 0.6 is 0 Å². The minimum Gasteiger partial charge on any atom is -0.493 e. The van der Waals surface area contributed by atoms with Crippen LogP contribution in [0.1, 0.15) is 52.2 Å². The number of nitrogens with zero attached hydrogens (tertiary/aromatic N) is 2. The van der Waals surface area contributed by atoms with E-state index in [1.165, 1.54) is 12.1 Å². The second kappa shape index (κ2) is 10.9. The Morgan fingerprint density at radius 1 is 0.976 bits per heavy atom. The molecule has 2 heterocycles. The van der Waals surface area contributed by atoms with E-state index in [2.05, 4.69) is 0 Å². The Morgan fingerprint density at radius 2 is 1.66 bits per heavy atom. The summed E-state index contributed by atoms with van der Waals surface area (Å²) in [4.78, 5) is 41.1. The molecule has 0 aromatic heterocycles. The van der Waals surface area contributed by atoms with Gasteiger partial charge in [0, 0.05) is 24.1 Å². The van der Waals surface area contributed by atoms with Gasteiger partial charge in [0.2, 0.25) is 0 Å². The molecule has 2 amide bonds. The second-order valence-corrected chi connectivity index (χ2v) is 10.4. The number of hydrogen-bond donors (Lipinski definition) is 3. The van der Waals surface area contributed by atoms with Crippen LogP contribution in [0.25, 0.3) is 11.1 Å². The third-order valence-electron chi connectivity index (χ3n) is 8.11. The number of carboxylic acid groups (broad SMARTS) is 1. The lowest BCUT2D eigenvalue weighted by Crippen LogP contribution is -2.51. The van der Waals surface area contributed by atoms with E-state index in [1.54, 1.807) is 4.90 Å². The van der Waals surface area contributed by atoms with Crippen LogP contribution in [0, 0.1) is 0 Å². The molecule has 1 fully saturated rings. The fraction of sp³-hybridized carbons (Fsp3) is 0.323. The van der Waals surface area contributed by atoms with E-state index < -0.39 is 30.9 Å². The summed E-state index contributed by atoms with van der Waals surface area (Å²) >= 11 is 0. The molecule has 10 heteroatoms. The zero-order chi connectivity index (χ0) is 28.7. The van der Waals surface area contributed by atoms with Crippen LogP contribution in [0.15, 0.2) is 60.7 Å². The number of fused-ring (bicyclic) bond motifs is 5. The third-order valence-corrected chi connectivity index (χ3v) is 8.11. The smallest absolute Gasteiger partial charge is 0.416 e. The largest absolute Gasteiger partial charge is 0.493 e. The zero-order valence-corrected chi connectivity index (χ0v) is 22.2. The molecule has 2 aliphatic heterocycles. The van der Waals surface area contributed by atoms with Gasteiger partial charge in [-0.05, 0) is 41.2 Å². The van der Waals surface area contributed by atoms with Gasteiger partial charge >= 0.3 is 12.1 Å². The molecule has 1 aliphatic carbocycles. The lowest BCUT2D eigenvalue weighted by molar-refractivity contribution is -0.137. The Hall–Kier alpha value is -4.41. The van der Waals surface area contributed by atoms with E-state index in [1.807, 2.05) is 48.5 Å². The average Bonchev–Trinajstić information content (AvgIpc) is 3.57. The van der Waals surface area contributed by atoms with Crippen molar-refractivity contribution >= 4 is 23.7 Å². The molecule has 0 radical (unpaired) electrons. The molecule has 41 heavy (non-hydrogen) atoms. The SMILES string of the molecule is O=C(O)CCOc1cc2c(cc1CO)C(=O)N1CCCC1C(O)N2C(=O)OCC1c2ccccc2-c2ccccc21. The molecule has 3 N–H and O–H groups in total. The monoisotopic (exact) mass is 558 g/mol. The molecule has 0 saturated carbocycles. The number of amides is 2. The normalized spacial score (nSPS) is 19.2. The summed E-state index contributed by atoms with van der Waals surface area (Å²) in [5.41, 5.74) is 4.71. The van der Waals surface area contributed by atoms with Crippen molar-refractivity contribution in [3.8, 4) is 16.9 Å². The van der Waals surface area contributed by atoms with Gasteiger partial charge in [-0.25, -0.2) is 9.69 Å². The van der Waals surface area contributed by atoms with Gasteiger partial charge in [0.15, 0.2) is 6.23 Å². The quantitative estimate of drug-likeness (QED) is 0.399. The van der Waals surface area contributed by atoms with Crippen molar-refractivity contribution in [2.24, 2.45) is 0 Å². The number of ether oxygens (including phenoxy) is 2. The minimum absolute atomic E-state index is 0.0183. The van der Waals surface area contributed by atoms with Gasteiger partial charge in [0.25, 0.3) is 5.91 Å². The summed E-state index contributed by atoms with van der Waals surface area (Å²) < 4.78 is 11.5. The molecule has 3 aromatic carbocycles. The first-order chi connectivity index (χ1) is 19.9. The van der Waals surface area contributed by atoms with Gasteiger partial charge in [-0.15, -0.1) is 0 Å². The van der Waals surface area contributed by atoms with E-state index in [9.17, 15) is 24.6 Å². The van der Waals surface area contributed by atoms with Crippen molar-refractivity contribution in [2.75, 3.05) is 24.7 Å². The van der Waals surface area contributed by atoms with E-state index in [4.69, 9.17) is 14.6 Å². The lowest BCUT2D eigenvalue weighted by Gasteiger charge is -2.32. The van der Waals surface area contributed by atoms with E-state index in [0.717, 1.165) is 27.2 Å². The van der Waals surface area contributed by atoms with Gasteiger partial charge in [-0.1, -0.05) is 48.5 Å². The molecule has 6 rings (SSSR count). The van der Waals surface area contributed by atoms with E-state index in [-0.39, 0.29) is 54.0 Å². The highest BCUT2D eigenvalue weighted by Crippen LogP contribution is 2.45. The van der Waals surface area contributed by atoms with Crippen molar-refractivity contribution in [3.05, 3.63) is 82.9 Å². The Balaban J connectivity index is 1.35. The molecule has 3 aromatic rings. The molecule has 0 bridgehead atoms. The first kappa shape index (κ1) is 26.8. The number of carbonyl (C=O) groups excluding carboxylic acids is 2. The molecule has 0 spiro atoms. The second-order valence-electron chi connectivity index (χ2n) is 10.4. The number of aliphatic hydroxyl groups is 2. The molecule has 1 saturated heterocycles. The number of carbonyl (C=O) groups is 3. The van der Waals surface area contributed by atoms with Crippen LogP contribution < -0.4 is 9.64 Å². The Kier molecular flexibility index (Phi) is 7.10. The highest BCUT2D eigenvalue weighted by Gasteiger charge is 2.45. The van der Waals surface area contributed by atoms with Crippen molar-refractivity contribution in [3.63, 3.8) is 0 Å². The molecular weight excluding hydrogens is 528 g/mol. The van der Waals surface area contributed by atoms with Crippen LogP contribution in [-0.4, -0.2) is 70.2 Å².